The summed E-state index contributed by atoms with van der Waals surface area (Å²) in [4.78, 5) is 0. The van der Waals surface area contributed by atoms with Crippen LogP contribution in [-0.2, 0) is 20.0 Å². The SMILES string of the molecule is CC(C)(C)CCS(=O)(=O)N1CCC[C@H](S(N)(=O)=O)C1. The monoisotopic (exact) mass is 312 g/mol. The summed E-state index contributed by atoms with van der Waals surface area (Å²) >= 11 is 0. The highest BCUT2D eigenvalue weighted by Crippen LogP contribution is 2.23. The molecule has 1 fully saturated rings. The Morgan fingerprint density at radius 3 is 2.26 bits per heavy atom. The van der Waals surface area contributed by atoms with Gasteiger partial charge >= 0.3 is 0 Å². The summed E-state index contributed by atoms with van der Waals surface area (Å²) in [6.45, 7) is 6.31. The van der Waals surface area contributed by atoms with Gasteiger partial charge in [0.15, 0.2) is 0 Å². The van der Waals surface area contributed by atoms with Gasteiger partial charge in [0.05, 0.1) is 11.0 Å². The summed E-state index contributed by atoms with van der Waals surface area (Å²) in [5.74, 6) is 0.0494. The maximum atomic E-state index is 12.2. The Morgan fingerprint density at radius 2 is 1.79 bits per heavy atom. The number of hydrogen-bond acceptors (Lipinski definition) is 4. The molecule has 2 N–H and O–H groups in total. The Labute approximate surface area is 116 Å². The molecular formula is C11H24N2O4S2. The van der Waals surface area contributed by atoms with Gasteiger partial charge in [-0.2, -0.15) is 0 Å². The van der Waals surface area contributed by atoms with Crippen molar-refractivity contribution >= 4 is 20.0 Å². The van der Waals surface area contributed by atoms with Crippen LogP contribution in [0, 0.1) is 5.41 Å². The topological polar surface area (TPSA) is 97.5 Å². The molecule has 8 heteroatoms. The Bertz CT molecular complexity index is 505. The van der Waals surface area contributed by atoms with Crippen molar-refractivity contribution < 1.29 is 16.8 Å². The lowest BCUT2D eigenvalue weighted by atomic mass is 9.94. The van der Waals surface area contributed by atoms with Gasteiger partial charge in [-0.25, -0.2) is 26.3 Å². The maximum absolute atomic E-state index is 12.2. The molecule has 6 nitrogen and oxygen atoms in total. The van der Waals surface area contributed by atoms with Crippen LogP contribution in [0.4, 0.5) is 0 Å². The minimum absolute atomic E-state index is 0.00862. The third kappa shape index (κ3) is 5.37. The third-order valence-electron chi connectivity index (χ3n) is 3.31. The number of sulfonamides is 2. The summed E-state index contributed by atoms with van der Waals surface area (Å²) in [5.41, 5.74) is -0.0673. The van der Waals surface area contributed by atoms with Crippen molar-refractivity contribution in [2.75, 3.05) is 18.8 Å². The van der Waals surface area contributed by atoms with E-state index in [9.17, 15) is 16.8 Å². The highest BCUT2D eigenvalue weighted by molar-refractivity contribution is 7.90. The van der Waals surface area contributed by atoms with E-state index in [2.05, 4.69) is 0 Å². The van der Waals surface area contributed by atoms with Crippen molar-refractivity contribution in [3.8, 4) is 0 Å². The predicted octanol–water partition coefficient (Wildman–Crippen LogP) is 0.505. The first kappa shape index (κ1) is 16.9. The molecular weight excluding hydrogens is 288 g/mol. The molecule has 0 unspecified atom stereocenters. The number of hydrogen-bond donors (Lipinski definition) is 1. The highest BCUT2D eigenvalue weighted by atomic mass is 32.2. The van der Waals surface area contributed by atoms with Crippen LogP contribution >= 0.6 is 0 Å². The van der Waals surface area contributed by atoms with Crippen LogP contribution in [0.5, 0.6) is 0 Å². The first-order chi connectivity index (χ1) is 8.42. The van der Waals surface area contributed by atoms with Gasteiger partial charge in [0, 0.05) is 13.1 Å². The second-order valence-electron chi connectivity index (χ2n) is 6.34. The molecule has 0 aliphatic carbocycles. The van der Waals surface area contributed by atoms with Gasteiger partial charge in [-0.3, -0.25) is 0 Å². The summed E-state index contributed by atoms with van der Waals surface area (Å²) in [5, 5.41) is 4.34. The van der Waals surface area contributed by atoms with E-state index in [0.29, 0.717) is 25.8 Å². The summed E-state index contributed by atoms with van der Waals surface area (Å²) in [6.07, 6.45) is 1.52. The number of piperidine rings is 1. The van der Waals surface area contributed by atoms with Crippen molar-refractivity contribution in [3.05, 3.63) is 0 Å². The molecule has 0 bridgehead atoms. The minimum Gasteiger partial charge on any atom is -0.228 e. The Morgan fingerprint density at radius 1 is 1.21 bits per heavy atom. The van der Waals surface area contributed by atoms with Crippen LogP contribution in [0.1, 0.15) is 40.0 Å². The van der Waals surface area contributed by atoms with Crippen LogP contribution in [0.25, 0.3) is 0 Å². The zero-order valence-corrected chi connectivity index (χ0v) is 13.4. The van der Waals surface area contributed by atoms with Crippen LogP contribution in [0.2, 0.25) is 0 Å². The summed E-state index contributed by atoms with van der Waals surface area (Å²) in [7, 11) is -7.06. The molecule has 1 atom stereocenters. The van der Waals surface area contributed by atoms with Gasteiger partial charge in [-0.1, -0.05) is 20.8 Å². The van der Waals surface area contributed by atoms with E-state index >= 15 is 0 Å². The first-order valence-electron chi connectivity index (χ1n) is 6.41. The molecule has 0 aromatic rings. The molecule has 0 aromatic carbocycles. The molecule has 0 spiro atoms. The largest absolute Gasteiger partial charge is 0.228 e. The van der Waals surface area contributed by atoms with E-state index in [0.717, 1.165) is 0 Å². The number of nitrogens with zero attached hydrogens (tertiary/aromatic N) is 1. The molecule has 114 valence electrons. The Kier molecular flexibility index (Phi) is 5.03. The molecule has 1 saturated heterocycles. The molecule has 19 heavy (non-hydrogen) atoms. The minimum atomic E-state index is -3.67. The van der Waals surface area contributed by atoms with Crippen LogP contribution in [-0.4, -0.2) is 45.2 Å². The van der Waals surface area contributed by atoms with Gasteiger partial charge in [0.1, 0.15) is 0 Å². The molecule has 1 heterocycles. The quantitative estimate of drug-likeness (QED) is 0.817. The highest BCUT2D eigenvalue weighted by Gasteiger charge is 2.34. The van der Waals surface area contributed by atoms with Crippen molar-refractivity contribution in [1.82, 2.24) is 4.31 Å². The molecule has 0 amide bonds. The first-order valence-corrected chi connectivity index (χ1v) is 9.63. The third-order valence-corrected chi connectivity index (χ3v) is 6.46. The summed E-state index contributed by atoms with van der Waals surface area (Å²) < 4.78 is 48.3. The van der Waals surface area contributed by atoms with Gasteiger partial charge in [0.25, 0.3) is 0 Å². The second-order valence-corrected chi connectivity index (χ2v) is 10.3. The number of rotatable bonds is 4. The Balaban J connectivity index is 2.74. The van der Waals surface area contributed by atoms with Crippen LogP contribution in [0.3, 0.4) is 0 Å². The smallest absolute Gasteiger partial charge is 0.214 e. The van der Waals surface area contributed by atoms with Crippen LogP contribution in [0.15, 0.2) is 0 Å². The van der Waals surface area contributed by atoms with Crippen LogP contribution < -0.4 is 5.14 Å². The lowest BCUT2D eigenvalue weighted by Crippen LogP contribution is -2.47. The summed E-state index contributed by atoms with van der Waals surface area (Å²) in [6, 6.07) is 0. The van der Waals surface area contributed by atoms with Crippen molar-refractivity contribution in [2.24, 2.45) is 10.6 Å². The zero-order valence-electron chi connectivity index (χ0n) is 11.8. The van der Waals surface area contributed by atoms with Crippen molar-refractivity contribution in [3.63, 3.8) is 0 Å². The standard InChI is InChI=1S/C11H24N2O4S2/c1-11(2,3)6-8-18(14,15)13-7-4-5-10(9-13)19(12,16)17/h10H,4-9H2,1-3H3,(H2,12,16,17)/t10-/m0/s1. The number of nitrogens with two attached hydrogens (primary N) is 1. The molecule has 1 rings (SSSR count). The molecule has 0 aromatic heterocycles. The maximum Gasteiger partial charge on any atom is 0.214 e. The van der Waals surface area contributed by atoms with E-state index in [4.69, 9.17) is 5.14 Å². The fourth-order valence-corrected chi connectivity index (χ4v) is 4.91. The van der Waals surface area contributed by atoms with Crippen molar-refractivity contribution in [2.45, 2.75) is 45.3 Å². The zero-order chi connectivity index (χ0) is 14.9. The fourth-order valence-electron chi connectivity index (χ4n) is 1.99. The molecule has 1 aliphatic rings. The van der Waals surface area contributed by atoms with E-state index in [1.54, 1.807) is 0 Å². The van der Waals surface area contributed by atoms with E-state index < -0.39 is 25.3 Å². The number of primary sulfonamides is 1. The lowest BCUT2D eigenvalue weighted by Gasteiger charge is -2.31. The van der Waals surface area contributed by atoms with Gasteiger partial charge in [-0.15, -0.1) is 0 Å². The second kappa shape index (κ2) is 5.67. The average Bonchev–Trinajstić information content (AvgIpc) is 2.25. The molecule has 0 radical (unpaired) electrons. The van der Waals surface area contributed by atoms with Gasteiger partial charge in [-0.05, 0) is 24.7 Å². The van der Waals surface area contributed by atoms with E-state index in [1.807, 2.05) is 20.8 Å². The fraction of sp³-hybridized carbons (Fsp3) is 1.00. The molecule has 0 saturated carbocycles. The molecule has 1 aliphatic heterocycles. The normalized spacial score (nSPS) is 23.5. The van der Waals surface area contributed by atoms with Crippen molar-refractivity contribution in [1.29, 1.82) is 0 Å². The lowest BCUT2D eigenvalue weighted by molar-refractivity contribution is 0.338. The van der Waals surface area contributed by atoms with E-state index in [-0.39, 0.29) is 17.7 Å². The van der Waals surface area contributed by atoms with Gasteiger partial charge < -0.3 is 0 Å². The average molecular weight is 312 g/mol. The van der Waals surface area contributed by atoms with Gasteiger partial charge in [0.2, 0.25) is 20.0 Å². The van der Waals surface area contributed by atoms with E-state index in [1.165, 1.54) is 4.31 Å². The predicted molar refractivity (Wildman–Crippen MR) is 75.6 cm³/mol. The Hall–Kier alpha value is -0.180.